The van der Waals surface area contributed by atoms with Gasteiger partial charge in [0.1, 0.15) is 0 Å². The number of nitrogens with one attached hydrogen (secondary N) is 1. The highest BCUT2D eigenvalue weighted by Crippen LogP contribution is 2.36. The number of halogens is 2. The smallest absolute Gasteiger partial charge is 0.161 e. The average Bonchev–Trinajstić information content (AvgIpc) is 2.92. The Labute approximate surface area is 132 Å². The molecule has 0 saturated heterocycles. The van der Waals surface area contributed by atoms with Crippen LogP contribution in [0.15, 0.2) is 53.5 Å². The van der Waals surface area contributed by atoms with E-state index < -0.39 is 0 Å². The van der Waals surface area contributed by atoms with Gasteiger partial charge in [-0.1, -0.05) is 65.3 Å². The van der Waals surface area contributed by atoms with Crippen LogP contribution in [0.5, 0.6) is 0 Å². The number of nitrogens with zero attached hydrogens (tertiary/aromatic N) is 1. The third kappa shape index (κ3) is 3.11. The lowest BCUT2D eigenvalue weighted by Gasteiger charge is -2.10. The van der Waals surface area contributed by atoms with E-state index in [-0.39, 0.29) is 0 Å². The Bertz CT molecular complexity index is 644. The maximum atomic E-state index is 6.15. The van der Waals surface area contributed by atoms with Gasteiger partial charge in [-0.3, -0.25) is 4.99 Å². The van der Waals surface area contributed by atoms with Crippen LogP contribution in [0.4, 0.5) is 5.69 Å². The van der Waals surface area contributed by atoms with Gasteiger partial charge in [0.15, 0.2) is 5.17 Å². The lowest BCUT2D eigenvalue weighted by atomic mass is 10.1. The van der Waals surface area contributed by atoms with E-state index in [9.17, 15) is 0 Å². The van der Waals surface area contributed by atoms with Crippen molar-refractivity contribution in [3.05, 3.63) is 64.1 Å². The first kappa shape index (κ1) is 13.8. The summed E-state index contributed by atoms with van der Waals surface area (Å²) in [7, 11) is 0. The Hall–Kier alpha value is -1.16. The number of aliphatic imine (C=N–C) groups is 1. The number of thioether (sulfide) groups is 1. The molecular weight excluding hydrogens is 311 g/mol. The van der Waals surface area contributed by atoms with Crippen LogP contribution in [-0.4, -0.2) is 11.7 Å². The van der Waals surface area contributed by atoms with Gasteiger partial charge in [-0.15, -0.1) is 0 Å². The zero-order valence-corrected chi connectivity index (χ0v) is 12.8. The summed E-state index contributed by atoms with van der Waals surface area (Å²) in [6.07, 6.45) is 0. The minimum atomic E-state index is 0.366. The molecule has 1 aliphatic rings. The molecule has 1 atom stereocenters. The fourth-order valence-electron chi connectivity index (χ4n) is 1.99. The van der Waals surface area contributed by atoms with Crippen molar-refractivity contribution in [2.45, 2.75) is 5.25 Å². The van der Waals surface area contributed by atoms with Crippen molar-refractivity contribution in [3.8, 4) is 0 Å². The van der Waals surface area contributed by atoms with Crippen LogP contribution in [0, 0.1) is 0 Å². The largest absolute Gasteiger partial charge is 0.334 e. The zero-order valence-electron chi connectivity index (χ0n) is 10.5. The maximum Gasteiger partial charge on any atom is 0.161 e. The molecule has 1 aliphatic heterocycles. The Morgan fingerprint density at radius 1 is 1.10 bits per heavy atom. The molecule has 1 unspecified atom stereocenters. The van der Waals surface area contributed by atoms with E-state index in [0.717, 1.165) is 17.4 Å². The molecule has 2 aromatic carbocycles. The molecule has 5 heteroatoms. The van der Waals surface area contributed by atoms with Gasteiger partial charge in [-0.2, -0.15) is 0 Å². The molecule has 2 aromatic rings. The molecule has 0 bridgehead atoms. The Morgan fingerprint density at radius 3 is 2.65 bits per heavy atom. The quantitative estimate of drug-likeness (QED) is 0.816. The molecule has 20 heavy (non-hydrogen) atoms. The number of hydrogen-bond donors (Lipinski definition) is 1. The number of rotatable bonds is 2. The normalized spacial score (nSPS) is 17.9. The fourth-order valence-corrected chi connectivity index (χ4v) is 3.48. The molecule has 3 rings (SSSR count). The number of hydrogen-bond acceptors (Lipinski definition) is 3. The van der Waals surface area contributed by atoms with Gasteiger partial charge >= 0.3 is 0 Å². The van der Waals surface area contributed by atoms with E-state index in [0.29, 0.717) is 15.3 Å². The monoisotopic (exact) mass is 322 g/mol. The summed E-state index contributed by atoms with van der Waals surface area (Å²) in [5.74, 6) is 0. The van der Waals surface area contributed by atoms with E-state index in [1.54, 1.807) is 17.8 Å². The predicted molar refractivity (Wildman–Crippen MR) is 89.2 cm³/mol. The van der Waals surface area contributed by atoms with E-state index in [2.05, 4.69) is 34.6 Å². The molecule has 2 nitrogen and oxygen atoms in total. The van der Waals surface area contributed by atoms with Gasteiger partial charge < -0.3 is 5.32 Å². The van der Waals surface area contributed by atoms with Crippen LogP contribution >= 0.6 is 35.0 Å². The Morgan fingerprint density at radius 2 is 1.90 bits per heavy atom. The second-order valence-electron chi connectivity index (χ2n) is 4.41. The van der Waals surface area contributed by atoms with E-state index in [4.69, 9.17) is 23.2 Å². The van der Waals surface area contributed by atoms with Gasteiger partial charge in [-0.25, -0.2) is 0 Å². The van der Waals surface area contributed by atoms with Crippen LogP contribution < -0.4 is 5.32 Å². The van der Waals surface area contributed by atoms with Crippen molar-refractivity contribution in [1.82, 2.24) is 0 Å². The van der Waals surface area contributed by atoms with Crippen LogP contribution in [0.1, 0.15) is 10.8 Å². The third-order valence-corrected chi connectivity index (χ3v) is 4.71. The Balaban J connectivity index is 1.69. The van der Waals surface area contributed by atoms with Gasteiger partial charge in [-0.05, 0) is 23.8 Å². The van der Waals surface area contributed by atoms with Crippen molar-refractivity contribution in [3.63, 3.8) is 0 Å². The summed E-state index contributed by atoms with van der Waals surface area (Å²) in [5.41, 5.74) is 2.12. The van der Waals surface area contributed by atoms with Gasteiger partial charge in [0.25, 0.3) is 0 Å². The summed E-state index contributed by atoms with van der Waals surface area (Å²) < 4.78 is 0. The number of amidine groups is 1. The lowest BCUT2D eigenvalue weighted by molar-refractivity contribution is 0.966. The molecule has 0 spiro atoms. The molecule has 0 radical (unpaired) electrons. The third-order valence-electron chi connectivity index (χ3n) is 3.00. The molecule has 1 heterocycles. The zero-order chi connectivity index (χ0) is 13.9. The van der Waals surface area contributed by atoms with Crippen LogP contribution in [0.25, 0.3) is 0 Å². The van der Waals surface area contributed by atoms with E-state index >= 15 is 0 Å². The molecule has 1 N–H and O–H groups in total. The second-order valence-corrected chi connectivity index (χ2v) is 6.45. The van der Waals surface area contributed by atoms with E-state index in [1.807, 2.05) is 18.2 Å². The summed E-state index contributed by atoms with van der Waals surface area (Å²) in [5, 5.41) is 5.75. The van der Waals surface area contributed by atoms with Gasteiger partial charge in [0.05, 0.1) is 22.5 Å². The van der Waals surface area contributed by atoms with E-state index in [1.165, 1.54) is 5.56 Å². The molecule has 102 valence electrons. The van der Waals surface area contributed by atoms with Crippen LogP contribution in [0.2, 0.25) is 10.0 Å². The second kappa shape index (κ2) is 6.08. The van der Waals surface area contributed by atoms with Gasteiger partial charge in [0.2, 0.25) is 0 Å². The molecule has 0 fully saturated rings. The molecular formula is C15H12Cl2N2S. The first-order valence-electron chi connectivity index (χ1n) is 6.20. The van der Waals surface area contributed by atoms with Crippen molar-refractivity contribution >= 4 is 45.8 Å². The van der Waals surface area contributed by atoms with Crippen molar-refractivity contribution in [1.29, 1.82) is 0 Å². The van der Waals surface area contributed by atoms with Crippen molar-refractivity contribution in [2.75, 3.05) is 11.9 Å². The van der Waals surface area contributed by atoms with Crippen LogP contribution in [0.3, 0.4) is 0 Å². The molecule has 0 saturated carbocycles. The summed E-state index contributed by atoms with van der Waals surface area (Å²) in [4.78, 5) is 4.53. The number of anilines is 1. The summed E-state index contributed by atoms with van der Waals surface area (Å²) in [6, 6.07) is 15.8. The highest BCUT2D eigenvalue weighted by atomic mass is 35.5. The van der Waals surface area contributed by atoms with Crippen molar-refractivity contribution < 1.29 is 0 Å². The highest BCUT2D eigenvalue weighted by Gasteiger charge is 2.21. The highest BCUT2D eigenvalue weighted by molar-refractivity contribution is 8.14. The topological polar surface area (TPSA) is 24.4 Å². The Kier molecular flexibility index (Phi) is 4.20. The number of benzene rings is 2. The van der Waals surface area contributed by atoms with Crippen LogP contribution in [-0.2, 0) is 0 Å². The van der Waals surface area contributed by atoms with Crippen molar-refractivity contribution in [2.24, 2.45) is 4.99 Å². The molecule has 0 amide bonds. The minimum absolute atomic E-state index is 0.366. The average molecular weight is 323 g/mol. The summed E-state index contributed by atoms with van der Waals surface area (Å²) in [6.45, 7) is 0.780. The predicted octanol–water partition coefficient (Wildman–Crippen LogP) is 5.25. The first-order valence-corrected chi connectivity index (χ1v) is 7.84. The first-order chi connectivity index (χ1) is 9.72. The minimum Gasteiger partial charge on any atom is -0.334 e. The fraction of sp³-hybridized carbons (Fsp3) is 0.133. The molecule has 0 aliphatic carbocycles. The maximum absolute atomic E-state index is 6.15. The standard InChI is InChI=1S/C15H12Cl2N2S/c16-11-6-7-13(12(17)8-11)19-15-18-9-14(20-15)10-4-2-1-3-5-10/h1-8,14H,9H2,(H,18,19). The lowest BCUT2D eigenvalue weighted by Crippen LogP contribution is -2.05. The summed E-state index contributed by atoms with van der Waals surface area (Å²) >= 11 is 13.8. The SMILES string of the molecule is Clc1ccc(NC2=NCC(c3ccccc3)S2)c(Cl)c1. The molecule has 0 aromatic heterocycles. The van der Waals surface area contributed by atoms with Gasteiger partial charge in [0, 0.05) is 5.02 Å².